The molecular weight excluding hydrogens is 1130 g/mol. The van der Waals surface area contributed by atoms with E-state index in [1.807, 2.05) is 0 Å². The fourth-order valence-corrected chi connectivity index (χ4v) is 59.2. The second-order valence-electron chi connectivity index (χ2n) is 28.1. The van der Waals surface area contributed by atoms with Crippen molar-refractivity contribution < 1.29 is 32.9 Å². The molecule has 0 aromatic carbocycles. The quantitative estimate of drug-likeness (QED) is 0.0296. The summed E-state index contributed by atoms with van der Waals surface area (Å²) in [5.74, 6) is 0. The minimum Gasteiger partial charge on any atom is -0.456 e. The fraction of sp³-hybridized carbons (Fsp3) is 1.00. The summed E-state index contributed by atoms with van der Waals surface area (Å²) in [6.07, 6.45) is 7.62. The van der Waals surface area contributed by atoms with Crippen molar-refractivity contribution in [2.45, 2.75) is 258 Å². The Balaban J connectivity index is -0.000000473. The Morgan fingerprint density at radius 2 is 0.480 bits per heavy atom. The van der Waals surface area contributed by atoms with E-state index in [0.29, 0.717) is 6.54 Å². The zero-order valence-electron chi connectivity index (χ0n) is 54.4. The lowest BCUT2D eigenvalue weighted by atomic mass is 10.4. The molecule has 0 amide bonds. The first-order chi connectivity index (χ1) is 33.5. The minimum atomic E-state index is -2.96. The van der Waals surface area contributed by atoms with Crippen LogP contribution in [0.25, 0.3) is 0 Å². The number of nitrogens with one attached hydrogen (secondary N) is 5. The van der Waals surface area contributed by atoms with Gasteiger partial charge in [-0.2, -0.15) is 0 Å². The van der Waals surface area contributed by atoms with Gasteiger partial charge in [-0.3, -0.25) is 0 Å². The molecule has 0 bridgehead atoms. The van der Waals surface area contributed by atoms with Crippen LogP contribution in [-0.4, -0.2) is 173 Å². The maximum atomic E-state index is 7.03. The second kappa shape index (κ2) is 39.1. The predicted molar refractivity (Wildman–Crippen MR) is 366 cm³/mol. The summed E-state index contributed by atoms with van der Waals surface area (Å²) in [4.78, 5) is 0. The van der Waals surface area contributed by atoms with Gasteiger partial charge in [-0.25, -0.2) is 0 Å². The Morgan fingerprint density at radius 3 is 0.733 bits per heavy atom. The average Bonchev–Trinajstić information content (AvgIpc) is 3.13. The van der Waals surface area contributed by atoms with Crippen LogP contribution in [0.5, 0.6) is 0 Å². The topological polar surface area (TPSA) is 134 Å². The molecule has 0 rings (SSSR count). The van der Waals surface area contributed by atoms with E-state index in [1.165, 1.54) is 31.0 Å². The third-order valence-electron chi connectivity index (χ3n) is 10.0. The highest BCUT2D eigenvalue weighted by Gasteiger charge is 2.53. The molecule has 0 fully saturated rings. The van der Waals surface area contributed by atoms with Crippen molar-refractivity contribution in [1.29, 1.82) is 0 Å². The van der Waals surface area contributed by atoms with Crippen LogP contribution in [0.4, 0.5) is 0 Å². The Hall–Kier alpha value is 2.41. The molecule has 75 heavy (non-hydrogen) atoms. The van der Waals surface area contributed by atoms with E-state index in [-0.39, 0.29) is 0 Å². The highest BCUT2D eigenvalue weighted by Crippen LogP contribution is 2.34. The largest absolute Gasteiger partial charge is 0.471 e. The van der Waals surface area contributed by atoms with E-state index in [2.05, 4.69) is 203 Å². The number of hydrogen-bond donors (Lipinski definition) is 5. The highest BCUT2D eigenvalue weighted by molar-refractivity contribution is 6.92. The van der Waals surface area contributed by atoms with Crippen molar-refractivity contribution >= 4 is 141 Å². The number of rotatable bonds is 39. The summed E-state index contributed by atoms with van der Waals surface area (Å²) < 4.78 is 52.7. The maximum Gasteiger partial charge on any atom is 0.471 e. The second-order valence-corrected chi connectivity index (χ2v) is 79.5. The van der Waals surface area contributed by atoms with E-state index in [1.54, 1.807) is 0 Å². The van der Waals surface area contributed by atoms with Gasteiger partial charge in [0.1, 0.15) is 0 Å². The van der Waals surface area contributed by atoms with Gasteiger partial charge in [0.15, 0.2) is 115 Å². The molecule has 0 saturated heterocycles. The van der Waals surface area contributed by atoms with Crippen LogP contribution in [0.15, 0.2) is 0 Å². The van der Waals surface area contributed by atoms with Gasteiger partial charge in [0.05, 0.1) is 0 Å². The van der Waals surface area contributed by atoms with Gasteiger partial charge in [0, 0.05) is 6.04 Å². The summed E-state index contributed by atoms with van der Waals surface area (Å²) in [7, 11) is 4.94. The normalized spacial score (nSPS) is 14.5. The summed E-state index contributed by atoms with van der Waals surface area (Å²) in [5, 5.41) is 13.6. The van der Waals surface area contributed by atoms with E-state index in [4.69, 9.17) is 72.8 Å². The Bertz CT molecular complexity index is 1400. The molecule has 1 unspecified atom stereocenters. The van der Waals surface area contributed by atoms with E-state index < -0.39 is 101 Å². The van der Waals surface area contributed by atoms with Crippen LogP contribution in [0.2, 0.25) is 206 Å². The lowest BCUT2D eigenvalue weighted by Gasteiger charge is -2.45. The average molecular weight is 1250 g/mol. The standard InChI is InChI=1S/C16H44B2N2O4Si5.C11H28BNOSi2.C10H28BNO2Si3.C8H22BNOSi2/c1-25(2,3)21-28(10,15-11-13-19-17)24-29(16-12-14-20-18,22-26(4,5)6)23-27(7,8)9;1-6-7-10-15(2,3)14-16(4,5)11-8-9-13-12;1-15(2,3)13-17(7,10-8-9-12-11)14-16(4,5)6;1-12(2,3)11-13(4,5)8-6-7-10-9/h19-20H,11-16H2,1-10H3;13H,6-11H2,1-5H3;12H,8-10H2,1-7H3;10H,6-8H2,1-5H3. The van der Waals surface area contributed by atoms with E-state index >= 15 is 0 Å². The van der Waals surface area contributed by atoms with Crippen LogP contribution < -0.4 is 26.1 Å². The molecule has 0 spiro atoms. The summed E-state index contributed by atoms with van der Waals surface area (Å²) in [6.45, 7) is 64.6. The summed E-state index contributed by atoms with van der Waals surface area (Å²) in [5.41, 5.74) is 0. The van der Waals surface area contributed by atoms with Gasteiger partial charge in [-0.1, -0.05) is 19.8 Å². The lowest BCUT2D eigenvalue weighted by molar-refractivity contribution is 0.222. The maximum absolute atomic E-state index is 7.03. The summed E-state index contributed by atoms with van der Waals surface area (Å²) >= 11 is 0. The predicted octanol–water partition coefficient (Wildman–Crippen LogP) is 11.9. The first-order valence-corrected chi connectivity index (χ1v) is 65.1. The smallest absolute Gasteiger partial charge is 0.456 e. The zero-order chi connectivity index (χ0) is 59.9. The number of unbranched alkanes of at least 4 members (excludes halogenated alkanes) is 1. The van der Waals surface area contributed by atoms with Crippen molar-refractivity contribution in [3.05, 3.63) is 0 Å². The third-order valence-corrected chi connectivity index (χ3v) is 50.2. The van der Waals surface area contributed by atoms with Crippen molar-refractivity contribution in [3.63, 3.8) is 0 Å². The first kappa shape index (κ1) is 83.9. The van der Waals surface area contributed by atoms with Crippen molar-refractivity contribution in [2.75, 3.05) is 32.7 Å². The first-order valence-electron chi connectivity index (χ1n) is 28.3. The monoisotopic (exact) mass is 1250 g/mol. The van der Waals surface area contributed by atoms with Crippen LogP contribution in [0, 0.1) is 0 Å². The van der Waals surface area contributed by atoms with E-state index in [0.717, 1.165) is 76.4 Å². The Morgan fingerprint density at radius 1 is 0.253 bits per heavy atom. The van der Waals surface area contributed by atoms with Gasteiger partial charge in [-0.05, 0) is 265 Å². The molecule has 0 saturated carbocycles. The van der Waals surface area contributed by atoms with Crippen molar-refractivity contribution in [3.8, 4) is 0 Å². The summed E-state index contributed by atoms with van der Waals surface area (Å²) in [6, 6.07) is 6.33. The SMILES string of the molecule is [B]NCCC[Si](C)(C)O[Si](C)(C)C.[B]NCCC[Si](C)(C)O[Si](C)(C)CCCC.[B]NCCC[Si](C)(O[Si](C)(C)C)O[Si](C)(C)C.[B]NCCC[Si](C)(O[Si](C)(C)C)O[Si](CCCN[B])(O[Si](C)(C)C)O[Si](C)(C)C. The van der Waals surface area contributed by atoms with Gasteiger partial charge >= 0.3 is 25.9 Å². The molecule has 1 atom stereocenters. The third kappa shape index (κ3) is 58.0. The van der Waals surface area contributed by atoms with Crippen LogP contribution in [-0.2, 0) is 32.9 Å². The molecule has 30 heteroatoms. The van der Waals surface area contributed by atoms with Gasteiger partial charge < -0.3 is 59.1 Å². The molecule has 13 nitrogen and oxygen atoms in total. The molecule has 0 aromatic heterocycles. The Labute approximate surface area is 487 Å². The van der Waals surface area contributed by atoms with Crippen LogP contribution >= 0.6 is 0 Å². The highest BCUT2D eigenvalue weighted by atomic mass is 28.5. The van der Waals surface area contributed by atoms with Crippen LogP contribution in [0.3, 0.4) is 0 Å². The molecule has 10 radical (unpaired) electrons. The molecule has 0 aliphatic rings. The van der Waals surface area contributed by atoms with E-state index in [9.17, 15) is 0 Å². The Kier molecular flexibility index (Phi) is 43.7. The molecule has 0 heterocycles. The zero-order valence-corrected chi connectivity index (χ0v) is 66.4. The van der Waals surface area contributed by atoms with Crippen molar-refractivity contribution in [2.24, 2.45) is 0 Å². The number of hydrogen-bond acceptors (Lipinski definition) is 13. The molecule has 438 valence electrons. The molecule has 5 N–H and O–H groups in total. The van der Waals surface area contributed by atoms with Gasteiger partial charge in [-0.15, -0.1) is 0 Å². The molecule has 0 aliphatic carbocycles. The van der Waals surface area contributed by atoms with Crippen molar-refractivity contribution in [1.82, 2.24) is 26.1 Å². The minimum absolute atomic E-state index is 0.701. The van der Waals surface area contributed by atoms with Gasteiger partial charge in [0.2, 0.25) is 0 Å². The molecular formula is C45H122B5N5O8Si12. The molecule has 0 aliphatic heterocycles. The fourth-order valence-electron chi connectivity index (χ4n) is 8.66. The lowest BCUT2D eigenvalue weighted by Crippen LogP contribution is -2.63. The molecule has 0 aromatic rings. The van der Waals surface area contributed by atoms with Crippen LogP contribution in [0.1, 0.15) is 51.9 Å². The van der Waals surface area contributed by atoms with Gasteiger partial charge in [0.25, 0.3) is 0 Å².